The van der Waals surface area contributed by atoms with Gasteiger partial charge in [-0.2, -0.15) is 0 Å². The van der Waals surface area contributed by atoms with Gasteiger partial charge in [0.25, 0.3) is 0 Å². The fraction of sp³-hybridized carbons (Fsp3) is 0.222. The number of carbonyl (C=O) groups excluding carboxylic acids is 1. The zero-order valence-electron chi connectivity index (χ0n) is 6.85. The molecule has 0 aliphatic carbocycles. The van der Waals surface area contributed by atoms with Crippen molar-refractivity contribution in [2.24, 2.45) is 0 Å². The molecule has 1 aromatic rings. The maximum absolute atomic E-state index is 12.9. The van der Waals surface area contributed by atoms with Gasteiger partial charge in [-0.1, -0.05) is 6.92 Å². The molecule has 1 atom stereocenters. The summed E-state index contributed by atoms with van der Waals surface area (Å²) >= 11 is 0. The Morgan fingerprint density at radius 3 is 2.31 bits per heavy atom. The normalized spacial score (nSPS) is 12.6. The van der Waals surface area contributed by atoms with Gasteiger partial charge in [-0.05, 0) is 12.1 Å². The first-order valence-electron chi connectivity index (χ1n) is 3.66. The molecule has 1 unspecified atom stereocenters. The van der Waals surface area contributed by atoms with Gasteiger partial charge in [0, 0.05) is 11.5 Å². The van der Waals surface area contributed by atoms with Crippen LogP contribution < -0.4 is 0 Å². The van der Waals surface area contributed by atoms with Crippen molar-refractivity contribution in [3.63, 3.8) is 0 Å². The number of halogens is 3. The van der Waals surface area contributed by atoms with E-state index in [0.717, 1.165) is 6.07 Å². The summed E-state index contributed by atoms with van der Waals surface area (Å²) < 4.78 is 38.4. The number of rotatable bonds is 2. The topological polar surface area (TPSA) is 17.1 Å². The second-order valence-electron chi connectivity index (χ2n) is 2.68. The van der Waals surface area contributed by atoms with Gasteiger partial charge in [0.1, 0.15) is 12.1 Å². The number of carbonyl (C=O) groups is 1. The van der Waals surface area contributed by atoms with Crippen LogP contribution >= 0.6 is 0 Å². The summed E-state index contributed by atoms with van der Waals surface area (Å²) in [7, 11) is 0. The van der Waals surface area contributed by atoms with Gasteiger partial charge in [-0.3, -0.25) is 0 Å². The molecule has 1 nitrogen and oxygen atoms in total. The molecular formula is C9H7F3O. The van der Waals surface area contributed by atoms with Crippen LogP contribution in [0.3, 0.4) is 0 Å². The third-order valence-electron chi connectivity index (χ3n) is 1.74. The standard InChI is InChI=1S/C9H7F3O/c1-5(4-13)8-6(10)2-3-7(11)9(8)12/h2-5H,1H3. The van der Waals surface area contributed by atoms with Crippen LogP contribution in [0.5, 0.6) is 0 Å². The first-order chi connectivity index (χ1) is 6.07. The van der Waals surface area contributed by atoms with Crippen LogP contribution in [0, 0.1) is 17.5 Å². The minimum Gasteiger partial charge on any atom is -0.303 e. The van der Waals surface area contributed by atoms with Crippen LogP contribution in [0.2, 0.25) is 0 Å². The molecule has 0 aliphatic rings. The van der Waals surface area contributed by atoms with E-state index in [2.05, 4.69) is 0 Å². The van der Waals surface area contributed by atoms with Crippen molar-refractivity contribution in [2.75, 3.05) is 0 Å². The lowest BCUT2D eigenvalue weighted by Crippen LogP contribution is -2.04. The molecule has 0 aliphatic heterocycles. The average molecular weight is 188 g/mol. The Balaban J connectivity index is 3.32. The predicted octanol–water partition coefficient (Wildman–Crippen LogP) is 2.41. The third-order valence-corrected chi connectivity index (χ3v) is 1.74. The smallest absolute Gasteiger partial charge is 0.165 e. The van der Waals surface area contributed by atoms with Gasteiger partial charge in [0.2, 0.25) is 0 Å². The minimum absolute atomic E-state index is 0.362. The number of benzene rings is 1. The van der Waals surface area contributed by atoms with Crippen molar-refractivity contribution < 1.29 is 18.0 Å². The highest BCUT2D eigenvalue weighted by molar-refractivity contribution is 5.61. The zero-order valence-corrected chi connectivity index (χ0v) is 6.85. The van der Waals surface area contributed by atoms with Gasteiger partial charge < -0.3 is 4.79 Å². The second-order valence-corrected chi connectivity index (χ2v) is 2.68. The Labute approximate surface area is 73.2 Å². The summed E-state index contributed by atoms with van der Waals surface area (Å²) in [6.07, 6.45) is 0.362. The van der Waals surface area contributed by atoms with Crippen molar-refractivity contribution >= 4 is 6.29 Å². The lowest BCUT2D eigenvalue weighted by molar-refractivity contribution is -0.108. The maximum atomic E-state index is 12.9. The van der Waals surface area contributed by atoms with E-state index in [9.17, 15) is 18.0 Å². The zero-order chi connectivity index (χ0) is 10.0. The van der Waals surface area contributed by atoms with Crippen LogP contribution in [0.25, 0.3) is 0 Å². The summed E-state index contributed by atoms with van der Waals surface area (Å²) in [4.78, 5) is 10.3. The first-order valence-corrected chi connectivity index (χ1v) is 3.66. The first kappa shape index (κ1) is 9.77. The molecule has 0 N–H and O–H groups in total. The van der Waals surface area contributed by atoms with Gasteiger partial charge in [-0.15, -0.1) is 0 Å². The fourth-order valence-corrected chi connectivity index (χ4v) is 1.03. The lowest BCUT2D eigenvalue weighted by Gasteiger charge is -2.07. The molecule has 1 aromatic carbocycles. The molecule has 0 spiro atoms. The monoisotopic (exact) mass is 188 g/mol. The van der Waals surface area contributed by atoms with E-state index in [1.807, 2.05) is 0 Å². The van der Waals surface area contributed by atoms with Crippen molar-refractivity contribution in [3.05, 3.63) is 35.1 Å². The molecule has 0 bridgehead atoms. The quantitative estimate of drug-likeness (QED) is 0.514. The molecule has 0 aromatic heterocycles. The SMILES string of the molecule is CC(C=O)c1c(F)ccc(F)c1F. The Bertz CT molecular complexity index is 336. The molecule has 0 saturated carbocycles. The number of hydrogen-bond acceptors (Lipinski definition) is 1. The number of aldehydes is 1. The molecule has 1 rings (SSSR count). The Kier molecular flexibility index (Phi) is 2.70. The van der Waals surface area contributed by atoms with E-state index in [4.69, 9.17) is 0 Å². The molecule has 13 heavy (non-hydrogen) atoms. The van der Waals surface area contributed by atoms with Gasteiger partial charge >= 0.3 is 0 Å². The highest BCUT2D eigenvalue weighted by Gasteiger charge is 2.18. The molecule has 0 heterocycles. The second kappa shape index (κ2) is 3.60. The highest BCUT2D eigenvalue weighted by Crippen LogP contribution is 2.22. The summed E-state index contributed by atoms with van der Waals surface area (Å²) in [6, 6.07) is 1.49. The van der Waals surface area contributed by atoms with Crippen molar-refractivity contribution in [1.82, 2.24) is 0 Å². The highest BCUT2D eigenvalue weighted by atomic mass is 19.2. The Morgan fingerprint density at radius 2 is 1.77 bits per heavy atom. The summed E-state index contributed by atoms with van der Waals surface area (Å²) in [5.74, 6) is -4.32. The van der Waals surface area contributed by atoms with Crippen molar-refractivity contribution in [3.8, 4) is 0 Å². The largest absolute Gasteiger partial charge is 0.303 e. The van der Waals surface area contributed by atoms with Crippen molar-refractivity contribution in [2.45, 2.75) is 12.8 Å². The molecule has 0 amide bonds. The Morgan fingerprint density at radius 1 is 1.23 bits per heavy atom. The van der Waals surface area contributed by atoms with Crippen molar-refractivity contribution in [1.29, 1.82) is 0 Å². The summed E-state index contributed by atoms with van der Waals surface area (Å²) in [6.45, 7) is 1.30. The molecule has 0 fully saturated rings. The minimum atomic E-state index is -1.29. The van der Waals surface area contributed by atoms with Crippen LogP contribution in [0.1, 0.15) is 18.4 Å². The van der Waals surface area contributed by atoms with E-state index in [1.165, 1.54) is 6.92 Å². The average Bonchev–Trinajstić information content (AvgIpc) is 2.12. The van der Waals surface area contributed by atoms with E-state index in [0.29, 0.717) is 12.4 Å². The Hall–Kier alpha value is -1.32. The van der Waals surface area contributed by atoms with Crippen LogP contribution in [-0.4, -0.2) is 6.29 Å². The van der Waals surface area contributed by atoms with Gasteiger partial charge in [0.15, 0.2) is 11.6 Å². The fourth-order valence-electron chi connectivity index (χ4n) is 1.03. The lowest BCUT2D eigenvalue weighted by atomic mass is 10.0. The maximum Gasteiger partial charge on any atom is 0.165 e. The van der Waals surface area contributed by atoms with E-state index in [-0.39, 0.29) is 0 Å². The molecular weight excluding hydrogens is 181 g/mol. The summed E-state index contributed by atoms with van der Waals surface area (Å²) in [5, 5.41) is 0. The van der Waals surface area contributed by atoms with E-state index >= 15 is 0 Å². The third kappa shape index (κ3) is 1.71. The van der Waals surface area contributed by atoms with Crippen LogP contribution in [-0.2, 0) is 4.79 Å². The van der Waals surface area contributed by atoms with E-state index < -0.39 is 28.9 Å². The van der Waals surface area contributed by atoms with Gasteiger partial charge in [-0.25, -0.2) is 13.2 Å². The van der Waals surface area contributed by atoms with Gasteiger partial charge in [0.05, 0.1) is 0 Å². The molecule has 70 valence electrons. The van der Waals surface area contributed by atoms with Crippen LogP contribution in [0.15, 0.2) is 12.1 Å². The summed E-state index contributed by atoms with van der Waals surface area (Å²) in [5.41, 5.74) is -0.519. The molecule has 4 heteroatoms. The number of hydrogen-bond donors (Lipinski definition) is 0. The molecule has 0 radical (unpaired) electrons. The molecule has 0 saturated heterocycles. The van der Waals surface area contributed by atoms with Crippen LogP contribution in [0.4, 0.5) is 13.2 Å². The van der Waals surface area contributed by atoms with E-state index in [1.54, 1.807) is 0 Å². The predicted molar refractivity (Wildman–Crippen MR) is 40.8 cm³/mol.